The molecule has 1 heterocycles. The lowest BCUT2D eigenvalue weighted by Gasteiger charge is -2.16. The van der Waals surface area contributed by atoms with Crippen molar-refractivity contribution in [2.75, 3.05) is 0 Å². The fourth-order valence-corrected chi connectivity index (χ4v) is 1.28. The smallest absolute Gasteiger partial charge is 0.131 e. The van der Waals surface area contributed by atoms with Gasteiger partial charge in [-0.05, 0) is 36.7 Å². The van der Waals surface area contributed by atoms with E-state index in [0.29, 0.717) is 6.54 Å². The molecule has 0 bridgehead atoms. The van der Waals surface area contributed by atoms with E-state index in [1.807, 2.05) is 13.1 Å². The van der Waals surface area contributed by atoms with Gasteiger partial charge in [-0.2, -0.15) is 5.10 Å². The van der Waals surface area contributed by atoms with Crippen molar-refractivity contribution in [1.82, 2.24) is 9.78 Å². The molecule has 0 spiro atoms. The molecular formula is C8H13BrN2O. The van der Waals surface area contributed by atoms with Gasteiger partial charge in [-0.25, -0.2) is 0 Å². The number of aryl methyl sites for hydroxylation is 1. The Labute approximate surface area is 80.5 Å². The summed E-state index contributed by atoms with van der Waals surface area (Å²) in [6, 6.07) is 0. The molecule has 0 radical (unpaired) electrons. The summed E-state index contributed by atoms with van der Waals surface area (Å²) in [7, 11) is 0. The molecule has 1 rings (SSSR count). The van der Waals surface area contributed by atoms with Crippen LogP contribution in [0.5, 0.6) is 0 Å². The van der Waals surface area contributed by atoms with Crippen LogP contribution in [0.3, 0.4) is 0 Å². The van der Waals surface area contributed by atoms with Gasteiger partial charge in [0, 0.05) is 11.8 Å². The number of rotatable bonds is 2. The second-order valence-electron chi connectivity index (χ2n) is 3.61. The van der Waals surface area contributed by atoms with Crippen LogP contribution in [0, 0.1) is 6.92 Å². The maximum absolute atomic E-state index is 9.50. The molecule has 1 N–H and O–H groups in total. The third-order valence-corrected chi connectivity index (χ3v) is 2.22. The first kappa shape index (κ1) is 9.74. The van der Waals surface area contributed by atoms with Gasteiger partial charge < -0.3 is 5.11 Å². The number of halogens is 1. The van der Waals surface area contributed by atoms with Crippen LogP contribution >= 0.6 is 15.9 Å². The van der Waals surface area contributed by atoms with E-state index in [0.717, 1.165) is 10.2 Å². The van der Waals surface area contributed by atoms with Crippen LogP contribution in [0.1, 0.15) is 19.4 Å². The van der Waals surface area contributed by atoms with Gasteiger partial charge in [-0.15, -0.1) is 0 Å². The topological polar surface area (TPSA) is 38.0 Å². The molecule has 4 heteroatoms. The average molecular weight is 233 g/mol. The molecule has 1 aromatic rings. The lowest BCUT2D eigenvalue weighted by molar-refractivity contribution is 0.0576. The van der Waals surface area contributed by atoms with Crippen molar-refractivity contribution in [3.05, 3.63) is 16.4 Å². The second-order valence-corrected chi connectivity index (χ2v) is 4.36. The molecule has 12 heavy (non-hydrogen) atoms. The van der Waals surface area contributed by atoms with Crippen molar-refractivity contribution in [2.45, 2.75) is 32.9 Å². The molecule has 68 valence electrons. The first-order chi connectivity index (χ1) is 5.38. The zero-order chi connectivity index (χ0) is 9.35. The van der Waals surface area contributed by atoms with Crippen molar-refractivity contribution in [3.63, 3.8) is 0 Å². The Morgan fingerprint density at radius 1 is 1.67 bits per heavy atom. The van der Waals surface area contributed by atoms with Crippen LogP contribution in [0.15, 0.2) is 10.8 Å². The van der Waals surface area contributed by atoms with Gasteiger partial charge in [0.25, 0.3) is 0 Å². The first-order valence-electron chi connectivity index (χ1n) is 3.80. The van der Waals surface area contributed by atoms with E-state index in [-0.39, 0.29) is 0 Å². The molecule has 0 saturated carbocycles. The zero-order valence-corrected chi connectivity index (χ0v) is 9.09. The quantitative estimate of drug-likeness (QED) is 0.844. The highest BCUT2D eigenvalue weighted by molar-refractivity contribution is 9.10. The zero-order valence-electron chi connectivity index (χ0n) is 7.50. The van der Waals surface area contributed by atoms with E-state index < -0.39 is 5.60 Å². The SMILES string of the molecule is Cc1cn(CC(C)(C)O)nc1Br. The predicted octanol–water partition coefficient (Wildman–Crippen LogP) is 1.72. The maximum Gasteiger partial charge on any atom is 0.131 e. The minimum Gasteiger partial charge on any atom is -0.389 e. The fourth-order valence-electron chi connectivity index (χ4n) is 0.975. The highest BCUT2D eigenvalue weighted by Gasteiger charge is 2.14. The summed E-state index contributed by atoms with van der Waals surface area (Å²) in [5, 5.41) is 13.7. The third-order valence-electron chi connectivity index (χ3n) is 1.43. The van der Waals surface area contributed by atoms with Crippen molar-refractivity contribution >= 4 is 15.9 Å². The molecule has 0 amide bonds. The molecule has 1 aromatic heterocycles. The Kier molecular flexibility index (Phi) is 2.58. The van der Waals surface area contributed by atoms with Gasteiger partial charge in [0.1, 0.15) is 4.60 Å². The molecular weight excluding hydrogens is 220 g/mol. The number of hydrogen-bond donors (Lipinski definition) is 1. The fraction of sp³-hybridized carbons (Fsp3) is 0.625. The molecule has 0 aromatic carbocycles. The average Bonchev–Trinajstić information content (AvgIpc) is 2.07. The first-order valence-corrected chi connectivity index (χ1v) is 4.60. The van der Waals surface area contributed by atoms with Gasteiger partial charge in [0.05, 0.1) is 12.1 Å². The Morgan fingerprint density at radius 2 is 2.25 bits per heavy atom. The van der Waals surface area contributed by atoms with E-state index in [2.05, 4.69) is 21.0 Å². The van der Waals surface area contributed by atoms with E-state index >= 15 is 0 Å². The summed E-state index contributed by atoms with van der Waals surface area (Å²) in [5.41, 5.74) is 0.372. The number of aliphatic hydroxyl groups is 1. The minimum absolute atomic E-state index is 0.513. The van der Waals surface area contributed by atoms with Gasteiger partial charge in [-0.3, -0.25) is 4.68 Å². The predicted molar refractivity (Wildman–Crippen MR) is 51.0 cm³/mol. The van der Waals surface area contributed by atoms with Gasteiger partial charge in [0.2, 0.25) is 0 Å². The van der Waals surface area contributed by atoms with Gasteiger partial charge in [0.15, 0.2) is 0 Å². The molecule has 0 unspecified atom stereocenters. The van der Waals surface area contributed by atoms with E-state index in [1.165, 1.54) is 0 Å². The highest BCUT2D eigenvalue weighted by atomic mass is 79.9. The molecule has 0 saturated heterocycles. The molecule has 0 atom stereocenters. The maximum atomic E-state index is 9.50. The summed E-state index contributed by atoms with van der Waals surface area (Å²) < 4.78 is 2.58. The number of hydrogen-bond acceptors (Lipinski definition) is 2. The lowest BCUT2D eigenvalue weighted by Crippen LogP contribution is -2.26. The molecule has 0 aliphatic heterocycles. The Hall–Kier alpha value is -0.350. The number of nitrogens with zero attached hydrogens (tertiary/aromatic N) is 2. The van der Waals surface area contributed by atoms with Crippen molar-refractivity contribution < 1.29 is 5.11 Å². The second kappa shape index (κ2) is 3.18. The summed E-state index contributed by atoms with van der Waals surface area (Å²) >= 11 is 3.31. The summed E-state index contributed by atoms with van der Waals surface area (Å²) in [4.78, 5) is 0. The molecule has 0 aliphatic carbocycles. The Morgan fingerprint density at radius 3 is 2.58 bits per heavy atom. The van der Waals surface area contributed by atoms with Crippen LogP contribution in [0.2, 0.25) is 0 Å². The number of aromatic nitrogens is 2. The van der Waals surface area contributed by atoms with E-state index in [4.69, 9.17) is 0 Å². The van der Waals surface area contributed by atoms with Crippen LogP contribution in [-0.2, 0) is 6.54 Å². The standard InChI is InChI=1S/C8H13BrN2O/c1-6-4-11(10-7(6)9)5-8(2,3)12/h4,12H,5H2,1-3H3. The van der Waals surface area contributed by atoms with Gasteiger partial charge >= 0.3 is 0 Å². The monoisotopic (exact) mass is 232 g/mol. The highest BCUT2D eigenvalue weighted by Crippen LogP contribution is 2.14. The summed E-state index contributed by atoms with van der Waals surface area (Å²) in [6.45, 7) is 6.01. The van der Waals surface area contributed by atoms with Crippen LogP contribution < -0.4 is 0 Å². The normalized spacial score (nSPS) is 12.1. The molecule has 3 nitrogen and oxygen atoms in total. The van der Waals surface area contributed by atoms with E-state index in [9.17, 15) is 5.11 Å². The molecule has 0 fully saturated rings. The Balaban J connectivity index is 2.77. The van der Waals surface area contributed by atoms with Crippen LogP contribution in [-0.4, -0.2) is 20.5 Å². The van der Waals surface area contributed by atoms with Crippen molar-refractivity contribution in [1.29, 1.82) is 0 Å². The van der Waals surface area contributed by atoms with Crippen LogP contribution in [0.25, 0.3) is 0 Å². The summed E-state index contributed by atoms with van der Waals surface area (Å²) in [6.07, 6.45) is 1.90. The van der Waals surface area contributed by atoms with E-state index in [1.54, 1.807) is 18.5 Å². The minimum atomic E-state index is -0.710. The van der Waals surface area contributed by atoms with Crippen LogP contribution in [0.4, 0.5) is 0 Å². The van der Waals surface area contributed by atoms with Crippen molar-refractivity contribution in [2.24, 2.45) is 0 Å². The Bertz CT molecular complexity index is 256. The lowest BCUT2D eigenvalue weighted by atomic mass is 10.1. The van der Waals surface area contributed by atoms with Crippen molar-refractivity contribution in [3.8, 4) is 0 Å². The summed E-state index contributed by atoms with van der Waals surface area (Å²) in [5.74, 6) is 0. The van der Waals surface area contributed by atoms with Gasteiger partial charge in [-0.1, -0.05) is 0 Å². The third kappa shape index (κ3) is 2.60. The largest absolute Gasteiger partial charge is 0.389 e. The molecule has 0 aliphatic rings.